The highest BCUT2D eigenvalue weighted by molar-refractivity contribution is 7.18. The second kappa shape index (κ2) is 7.60. The van der Waals surface area contributed by atoms with Crippen LogP contribution in [0.2, 0.25) is 0 Å². The normalized spacial score (nSPS) is 13.5. The molecule has 1 N–H and O–H groups in total. The number of nitrogens with one attached hydrogen (secondary N) is 1. The van der Waals surface area contributed by atoms with E-state index >= 15 is 0 Å². The number of nitrogens with zero attached hydrogens (tertiary/aromatic N) is 5. The Bertz CT molecular complexity index is 1490. The summed E-state index contributed by atoms with van der Waals surface area (Å²) < 4.78 is 4.86. The molecule has 10 heteroatoms. The van der Waals surface area contributed by atoms with Crippen molar-refractivity contribution in [2.75, 3.05) is 0 Å². The number of aryl methyl sites for hydroxylation is 4. The van der Waals surface area contributed by atoms with E-state index in [1.807, 2.05) is 13.8 Å². The number of fused-ring (bicyclic) bond motifs is 4. The third-order valence-electron chi connectivity index (χ3n) is 6.02. The minimum Gasteiger partial charge on any atom is -0.321 e. The van der Waals surface area contributed by atoms with Crippen LogP contribution in [0.3, 0.4) is 0 Å². The molecule has 0 spiro atoms. The quantitative estimate of drug-likeness (QED) is 0.494. The first kappa shape index (κ1) is 19.9. The molecule has 0 unspecified atom stereocenters. The number of hydrogen-bond acceptors (Lipinski definition) is 6. The van der Waals surface area contributed by atoms with Crippen LogP contribution in [0.5, 0.6) is 0 Å². The van der Waals surface area contributed by atoms with Gasteiger partial charge in [0.05, 0.1) is 18.3 Å². The summed E-state index contributed by atoms with van der Waals surface area (Å²) in [6.45, 7) is 5.13. The third-order valence-corrected chi connectivity index (χ3v) is 7.22. The first-order chi connectivity index (χ1) is 15.0. The minimum atomic E-state index is -0.454. The lowest BCUT2D eigenvalue weighted by atomic mass is 10.2. The summed E-state index contributed by atoms with van der Waals surface area (Å²) in [6.07, 6.45) is 6.29. The van der Waals surface area contributed by atoms with Gasteiger partial charge in [0.2, 0.25) is 0 Å². The van der Waals surface area contributed by atoms with Crippen molar-refractivity contribution in [3.8, 4) is 0 Å². The molecule has 1 aliphatic carbocycles. The topological polar surface area (TPSA) is 108 Å². The summed E-state index contributed by atoms with van der Waals surface area (Å²) in [4.78, 5) is 51.9. The molecule has 0 atom stereocenters. The van der Waals surface area contributed by atoms with Crippen LogP contribution in [-0.4, -0.2) is 28.7 Å². The van der Waals surface area contributed by atoms with Gasteiger partial charge in [-0.1, -0.05) is 13.3 Å². The van der Waals surface area contributed by atoms with Crippen LogP contribution in [0.15, 0.2) is 20.7 Å². The average Bonchev–Trinajstić information content (AvgIpc) is 3.42. The lowest BCUT2D eigenvalue weighted by molar-refractivity contribution is 0.612. The molecule has 0 amide bonds. The third kappa shape index (κ3) is 3.08. The Morgan fingerprint density at radius 1 is 1.16 bits per heavy atom. The molecule has 0 aromatic carbocycles. The maximum Gasteiger partial charge on any atom is 0.330 e. The molecule has 0 saturated carbocycles. The highest BCUT2D eigenvalue weighted by atomic mass is 32.1. The van der Waals surface area contributed by atoms with Crippen molar-refractivity contribution >= 4 is 32.7 Å². The number of rotatable bonds is 6. The number of aromatic nitrogens is 6. The van der Waals surface area contributed by atoms with Crippen LogP contribution in [0, 0.1) is 0 Å². The van der Waals surface area contributed by atoms with Gasteiger partial charge in [-0.25, -0.2) is 14.8 Å². The summed E-state index contributed by atoms with van der Waals surface area (Å²) >= 11 is 1.61. The van der Waals surface area contributed by atoms with E-state index in [0.29, 0.717) is 30.1 Å². The summed E-state index contributed by atoms with van der Waals surface area (Å²) in [5.41, 5.74) is 0.902. The number of imidazole rings is 1. The van der Waals surface area contributed by atoms with E-state index in [1.54, 1.807) is 26.8 Å². The smallest absolute Gasteiger partial charge is 0.321 e. The predicted molar refractivity (Wildman–Crippen MR) is 120 cm³/mol. The molecule has 4 aromatic rings. The first-order valence-corrected chi connectivity index (χ1v) is 11.6. The molecule has 9 nitrogen and oxygen atoms in total. The van der Waals surface area contributed by atoms with Gasteiger partial charge in [0.1, 0.15) is 10.7 Å². The summed E-state index contributed by atoms with van der Waals surface area (Å²) in [5, 5.41) is 0.719. The number of aromatic amines is 1. The Morgan fingerprint density at radius 2 is 2.00 bits per heavy atom. The highest BCUT2D eigenvalue weighted by Gasteiger charge is 2.23. The van der Waals surface area contributed by atoms with Crippen LogP contribution in [0.25, 0.3) is 21.4 Å². The highest BCUT2D eigenvalue weighted by Crippen LogP contribution is 2.34. The van der Waals surface area contributed by atoms with Gasteiger partial charge in [0.25, 0.3) is 11.1 Å². The van der Waals surface area contributed by atoms with Crippen LogP contribution in [0.1, 0.15) is 49.4 Å². The van der Waals surface area contributed by atoms with Gasteiger partial charge in [-0.3, -0.25) is 23.7 Å². The molecule has 31 heavy (non-hydrogen) atoms. The molecule has 0 aliphatic heterocycles. The maximum atomic E-state index is 13.3. The molecule has 0 bridgehead atoms. The molecule has 0 fully saturated rings. The van der Waals surface area contributed by atoms with Gasteiger partial charge in [0.15, 0.2) is 11.2 Å². The molecule has 5 rings (SSSR count). The van der Waals surface area contributed by atoms with Crippen molar-refractivity contribution in [2.24, 2.45) is 0 Å². The molecule has 4 aromatic heterocycles. The molecule has 4 heterocycles. The van der Waals surface area contributed by atoms with E-state index in [4.69, 9.17) is 0 Å². The summed E-state index contributed by atoms with van der Waals surface area (Å²) in [5.74, 6) is 0.564. The standard InChI is InChI=1S/C21H24N6O3S/c1-3-5-9-27-17-16(18(28)24-21(27)30)26(4-2)14(23-17)10-25-11-22-19-15(20(25)29)12-7-6-8-13(12)31-19/h11H,3-10H2,1-2H3,(H,24,28,30). The molecule has 162 valence electrons. The SMILES string of the molecule is CCCCn1c(=O)[nH]c(=O)c2c1nc(Cn1cnc3sc4c(c3c1=O)CCC4)n2CC. The zero-order valence-electron chi connectivity index (χ0n) is 17.6. The van der Waals surface area contributed by atoms with Crippen LogP contribution >= 0.6 is 11.3 Å². The zero-order chi connectivity index (χ0) is 21.7. The first-order valence-electron chi connectivity index (χ1n) is 10.7. The Balaban J connectivity index is 1.67. The van der Waals surface area contributed by atoms with Crippen LogP contribution in [-0.2, 0) is 32.5 Å². The monoisotopic (exact) mass is 440 g/mol. The molecule has 0 saturated heterocycles. The van der Waals surface area contributed by atoms with Crippen molar-refractivity contribution in [1.29, 1.82) is 0 Å². The zero-order valence-corrected chi connectivity index (χ0v) is 18.4. The van der Waals surface area contributed by atoms with Gasteiger partial charge in [-0.15, -0.1) is 11.3 Å². The lowest BCUT2D eigenvalue weighted by Crippen LogP contribution is -2.31. The average molecular weight is 441 g/mol. The minimum absolute atomic E-state index is 0.0728. The van der Waals surface area contributed by atoms with E-state index in [-0.39, 0.29) is 12.1 Å². The van der Waals surface area contributed by atoms with Crippen molar-refractivity contribution in [1.82, 2.24) is 28.7 Å². The van der Waals surface area contributed by atoms with Gasteiger partial charge in [-0.05, 0) is 38.2 Å². The fraction of sp³-hybridized carbons (Fsp3) is 0.476. The Labute approximate surface area is 181 Å². The number of thiophene rings is 1. The van der Waals surface area contributed by atoms with Gasteiger partial charge >= 0.3 is 5.69 Å². The van der Waals surface area contributed by atoms with Crippen molar-refractivity contribution in [3.05, 3.63) is 53.8 Å². The number of hydrogen-bond donors (Lipinski definition) is 1. The van der Waals surface area contributed by atoms with Crippen molar-refractivity contribution in [3.63, 3.8) is 0 Å². The fourth-order valence-corrected chi connectivity index (χ4v) is 5.71. The van der Waals surface area contributed by atoms with Crippen LogP contribution in [0.4, 0.5) is 0 Å². The van der Waals surface area contributed by atoms with E-state index in [1.165, 1.54) is 9.44 Å². The van der Waals surface area contributed by atoms with E-state index in [9.17, 15) is 14.4 Å². The van der Waals surface area contributed by atoms with Gasteiger partial charge in [-0.2, -0.15) is 0 Å². The van der Waals surface area contributed by atoms with Gasteiger partial charge in [0, 0.05) is 18.0 Å². The van der Waals surface area contributed by atoms with Crippen molar-refractivity contribution < 1.29 is 0 Å². The van der Waals surface area contributed by atoms with E-state index in [0.717, 1.165) is 47.9 Å². The fourth-order valence-electron chi connectivity index (χ4n) is 4.49. The lowest BCUT2D eigenvalue weighted by Gasteiger charge is -2.08. The second-order valence-corrected chi connectivity index (χ2v) is 9.01. The predicted octanol–water partition coefficient (Wildman–Crippen LogP) is 2.01. The number of H-pyrrole nitrogens is 1. The second-order valence-electron chi connectivity index (χ2n) is 7.92. The number of unbranched alkanes of at least 4 members (excludes halogenated alkanes) is 1. The van der Waals surface area contributed by atoms with Crippen LogP contribution < -0.4 is 16.8 Å². The van der Waals surface area contributed by atoms with Gasteiger partial charge < -0.3 is 4.57 Å². The molecule has 0 radical (unpaired) electrons. The van der Waals surface area contributed by atoms with E-state index in [2.05, 4.69) is 15.0 Å². The van der Waals surface area contributed by atoms with E-state index < -0.39 is 11.2 Å². The summed E-state index contributed by atoms with van der Waals surface area (Å²) in [6, 6.07) is 0. The molecular weight excluding hydrogens is 416 g/mol. The Hall–Kier alpha value is -3.01. The van der Waals surface area contributed by atoms with Crippen molar-refractivity contribution in [2.45, 2.75) is 65.6 Å². The largest absolute Gasteiger partial charge is 0.330 e. The Kier molecular flexibility index (Phi) is 4.88. The molecule has 1 aliphatic rings. The maximum absolute atomic E-state index is 13.3. The molecular formula is C21H24N6O3S. The summed E-state index contributed by atoms with van der Waals surface area (Å²) in [7, 11) is 0. The Morgan fingerprint density at radius 3 is 2.77 bits per heavy atom.